The summed E-state index contributed by atoms with van der Waals surface area (Å²) in [4.78, 5) is 45.0. The molecule has 50 heavy (non-hydrogen) atoms. The van der Waals surface area contributed by atoms with Crippen LogP contribution in [-0.2, 0) is 28.7 Å². The maximum absolute atomic E-state index is 12.0. The van der Waals surface area contributed by atoms with Crippen molar-refractivity contribution in [2.24, 2.45) is 0 Å². The molecular weight excluding hydrogens is 632 g/mol. The Labute approximate surface area is 307 Å². The summed E-state index contributed by atoms with van der Waals surface area (Å²) in [5.41, 5.74) is 0. The van der Waals surface area contributed by atoms with Gasteiger partial charge in [0.15, 0.2) is 0 Å². The lowest BCUT2D eigenvalue weighted by Crippen LogP contribution is -2.18. The molecule has 0 aliphatic rings. The van der Waals surface area contributed by atoms with Crippen LogP contribution < -0.4 is 0 Å². The maximum atomic E-state index is 12.0. The van der Waals surface area contributed by atoms with Crippen LogP contribution in [-0.4, -0.2) is 46.3 Å². The minimum Gasteiger partial charge on any atom is -0.481 e. The van der Waals surface area contributed by atoms with Crippen molar-refractivity contribution in [3.63, 3.8) is 0 Å². The Morgan fingerprint density at radius 3 is 0.880 bits per heavy atom. The number of unbranched alkanes of at least 4 members (excludes halogenated alkanes) is 18. The lowest BCUT2D eigenvalue weighted by Gasteiger charge is -2.18. The highest BCUT2D eigenvalue weighted by molar-refractivity contribution is 5.70. The summed E-state index contributed by atoms with van der Waals surface area (Å²) >= 11 is 0. The van der Waals surface area contributed by atoms with E-state index in [0.717, 1.165) is 51.4 Å². The standard InChI is InChI=1S/2C21H40O4/c2*1-3-5-7-9-10-12-16-19(15-11-8-6-4-2)25-21(24)18-14-13-17-20(22)23/h2*19H,3-18H2,1-2H3,(H,22,23). The first-order valence-corrected chi connectivity index (χ1v) is 21.0. The van der Waals surface area contributed by atoms with Gasteiger partial charge < -0.3 is 19.7 Å². The first-order chi connectivity index (χ1) is 24.2. The molecule has 2 N–H and O–H groups in total. The van der Waals surface area contributed by atoms with Gasteiger partial charge in [0.1, 0.15) is 12.2 Å². The summed E-state index contributed by atoms with van der Waals surface area (Å²) in [5.74, 6) is -1.91. The van der Waals surface area contributed by atoms with Crippen molar-refractivity contribution in [1.29, 1.82) is 0 Å². The monoisotopic (exact) mass is 713 g/mol. The third-order valence-electron chi connectivity index (χ3n) is 9.16. The van der Waals surface area contributed by atoms with Gasteiger partial charge >= 0.3 is 23.9 Å². The third-order valence-corrected chi connectivity index (χ3v) is 9.16. The van der Waals surface area contributed by atoms with Crippen LogP contribution in [0, 0.1) is 0 Å². The minimum atomic E-state index is -0.801. The van der Waals surface area contributed by atoms with Crippen molar-refractivity contribution in [1.82, 2.24) is 0 Å². The van der Waals surface area contributed by atoms with Gasteiger partial charge in [0.05, 0.1) is 0 Å². The zero-order chi connectivity index (χ0) is 37.5. The van der Waals surface area contributed by atoms with E-state index in [9.17, 15) is 19.2 Å². The Hall–Kier alpha value is -2.12. The molecule has 0 aliphatic heterocycles. The maximum Gasteiger partial charge on any atom is 0.306 e. The molecule has 0 rings (SSSR count). The van der Waals surface area contributed by atoms with E-state index in [1.807, 2.05) is 0 Å². The largest absolute Gasteiger partial charge is 0.481 e. The molecule has 0 saturated carbocycles. The Balaban J connectivity index is 0. The highest BCUT2D eigenvalue weighted by Crippen LogP contribution is 2.19. The van der Waals surface area contributed by atoms with Crippen molar-refractivity contribution in [2.75, 3.05) is 0 Å². The van der Waals surface area contributed by atoms with Crippen LogP contribution in [0.3, 0.4) is 0 Å². The second-order valence-corrected chi connectivity index (χ2v) is 14.2. The summed E-state index contributed by atoms with van der Waals surface area (Å²) in [6.45, 7) is 8.85. The van der Waals surface area contributed by atoms with E-state index >= 15 is 0 Å². The average Bonchev–Trinajstić information content (AvgIpc) is 3.08. The Bertz CT molecular complexity index is 720. The van der Waals surface area contributed by atoms with Crippen LogP contribution in [0.1, 0.15) is 233 Å². The lowest BCUT2D eigenvalue weighted by molar-refractivity contribution is -0.151. The van der Waals surface area contributed by atoms with Gasteiger partial charge in [0.25, 0.3) is 0 Å². The van der Waals surface area contributed by atoms with Crippen molar-refractivity contribution >= 4 is 23.9 Å². The van der Waals surface area contributed by atoms with E-state index in [-0.39, 0.29) is 37.0 Å². The minimum absolute atomic E-state index is 0.0509. The molecule has 0 spiro atoms. The molecule has 296 valence electrons. The predicted molar refractivity (Wildman–Crippen MR) is 205 cm³/mol. The number of ether oxygens (including phenoxy) is 2. The predicted octanol–water partition coefficient (Wildman–Crippen LogP) is 12.5. The smallest absolute Gasteiger partial charge is 0.306 e. The Kier molecular flexibility index (Phi) is 39.7. The molecule has 8 nitrogen and oxygen atoms in total. The number of carboxylic acids is 2. The van der Waals surface area contributed by atoms with Crippen molar-refractivity contribution < 1.29 is 38.9 Å². The first-order valence-electron chi connectivity index (χ1n) is 21.0. The highest BCUT2D eigenvalue weighted by Gasteiger charge is 2.15. The molecule has 0 fully saturated rings. The van der Waals surface area contributed by atoms with Crippen LogP contribution in [0.5, 0.6) is 0 Å². The van der Waals surface area contributed by atoms with Gasteiger partial charge in [-0.1, -0.05) is 130 Å². The van der Waals surface area contributed by atoms with Gasteiger partial charge in [-0.05, 0) is 77.0 Å². The van der Waals surface area contributed by atoms with E-state index in [2.05, 4.69) is 27.7 Å². The van der Waals surface area contributed by atoms with E-state index in [0.29, 0.717) is 38.5 Å². The molecule has 0 aromatic carbocycles. The van der Waals surface area contributed by atoms with Gasteiger partial charge in [-0.15, -0.1) is 0 Å². The number of aliphatic carboxylic acids is 2. The van der Waals surface area contributed by atoms with Gasteiger partial charge in [0, 0.05) is 25.7 Å². The summed E-state index contributed by atoms with van der Waals surface area (Å²) < 4.78 is 11.4. The zero-order valence-corrected chi connectivity index (χ0v) is 33.1. The Morgan fingerprint density at radius 2 is 0.600 bits per heavy atom. The quantitative estimate of drug-likeness (QED) is 0.0485. The number of esters is 2. The lowest BCUT2D eigenvalue weighted by atomic mass is 10.0. The van der Waals surface area contributed by atoms with Gasteiger partial charge in [-0.25, -0.2) is 0 Å². The number of hydrogen-bond donors (Lipinski definition) is 2. The molecule has 0 aromatic rings. The van der Waals surface area contributed by atoms with Crippen molar-refractivity contribution in [2.45, 2.75) is 245 Å². The van der Waals surface area contributed by atoms with Crippen LogP contribution in [0.15, 0.2) is 0 Å². The summed E-state index contributed by atoms with van der Waals surface area (Å²) in [5, 5.41) is 17.2. The second-order valence-electron chi connectivity index (χ2n) is 14.2. The van der Waals surface area contributed by atoms with E-state index in [1.165, 1.54) is 103 Å². The van der Waals surface area contributed by atoms with Crippen LogP contribution in [0.4, 0.5) is 0 Å². The van der Waals surface area contributed by atoms with Crippen LogP contribution in [0.2, 0.25) is 0 Å². The summed E-state index contributed by atoms with van der Waals surface area (Å²) in [7, 11) is 0. The van der Waals surface area contributed by atoms with Gasteiger partial charge in [-0.3, -0.25) is 19.2 Å². The fourth-order valence-electron chi connectivity index (χ4n) is 6.01. The fraction of sp³-hybridized carbons (Fsp3) is 0.905. The topological polar surface area (TPSA) is 127 Å². The van der Waals surface area contributed by atoms with Crippen molar-refractivity contribution in [3.8, 4) is 0 Å². The number of carbonyl (C=O) groups excluding carboxylic acids is 2. The summed E-state index contributed by atoms with van der Waals surface area (Å²) in [6.07, 6.45) is 31.8. The number of carbonyl (C=O) groups is 4. The number of rotatable bonds is 36. The van der Waals surface area contributed by atoms with Gasteiger partial charge in [0.2, 0.25) is 0 Å². The SMILES string of the molecule is CCCCCCCCC(CCCCCC)OC(=O)CCCCC(=O)O.CCCCCCCCC(CCCCCC)OC(=O)CCCCC(=O)O. The Morgan fingerprint density at radius 1 is 0.360 bits per heavy atom. The molecule has 0 amide bonds. The molecule has 2 atom stereocenters. The van der Waals surface area contributed by atoms with E-state index < -0.39 is 11.9 Å². The van der Waals surface area contributed by atoms with E-state index in [4.69, 9.17) is 19.7 Å². The normalized spacial score (nSPS) is 12.1. The molecule has 0 heterocycles. The first kappa shape index (κ1) is 50.0. The molecule has 0 bridgehead atoms. The number of carboxylic acid groups (broad SMARTS) is 2. The molecular formula is C42H80O8. The second kappa shape index (κ2) is 39.7. The van der Waals surface area contributed by atoms with Crippen LogP contribution in [0.25, 0.3) is 0 Å². The fourth-order valence-corrected chi connectivity index (χ4v) is 6.01. The molecule has 2 unspecified atom stereocenters. The molecule has 0 saturated heterocycles. The van der Waals surface area contributed by atoms with Gasteiger partial charge in [-0.2, -0.15) is 0 Å². The van der Waals surface area contributed by atoms with Crippen LogP contribution >= 0.6 is 0 Å². The van der Waals surface area contributed by atoms with E-state index in [1.54, 1.807) is 0 Å². The van der Waals surface area contributed by atoms with Crippen molar-refractivity contribution in [3.05, 3.63) is 0 Å². The zero-order valence-electron chi connectivity index (χ0n) is 33.1. The molecule has 0 aliphatic carbocycles. The molecule has 8 heteroatoms. The average molecular weight is 713 g/mol. The summed E-state index contributed by atoms with van der Waals surface area (Å²) in [6, 6.07) is 0. The third kappa shape index (κ3) is 40.3. The number of hydrogen-bond acceptors (Lipinski definition) is 6. The highest BCUT2D eigenvalue weighted by atomic mass is 16.5. The molecule has 0 aromatic heterocycles. The molecule has 0 radical (unpaired) electrons.